The monoisotopic (exact) mass is 239 g/mol. The summed E-state index contributed by atoms with van der Waals surface area (Å²) in [6.07, 6.45) is 1.27. The molecule has 1 rings (SSSR count). The van der Waals surface area contributed by atoms with Crippen molar-refractivity contribution in [3.8, 4) is 6.07 Å². The van der Waals surface area contributed by atoms with Crippen LogP contribution in [-0.2, 0) is 13.0 Å². The van der Waals surface area contributed by atoms with Gasteiger partial charge in [0.25, 0.3) is 0 Å². The number of aliphatic hydroxyl groups excluding tert-OH is 1. The van der Waals surface area contributed by atoms with Crippen molar-refractivity contribution in [3.63, 3.8) is 0 Å². The number of nitriles is 1. The Bertz CT molecular complexity index is 330. The highest BCUT2D eigenvalue weighted by atomic mass is 79.9. The maximum atomic E-state index is 8.97. The van der Waals surface area contributed by atoms with E-state index in [4.69, 9.17) is 10.4 Å². The molecule has 0 saturated carbocycles. The maximum Gasteiger partial charge on any atom is 0.0692 e. The standard InChI is InChI=1S/C10H10BrNO/c11-10-4-3-8(2-1-5-12)6-9(10)7-13/h3-4,6,13H,1-2,7H2. The summed E-state index contributed by atoms with van der Waals surface area (Å²) >= 11 is 3.33. The van der Waals surface area contributed by atoms with Gasteiger partial charge in [0.05, 0.1) is 12.7 Å². The molecule has 0 aliphatic rings. The van der Waals surface area contributed by atoms with E-state index in [-0.39, 0.29) is 6.61 Å². The van der Waals surface area contributed by atoms with Crippen LogP contribution in [0.2, 0.25) is 0 Å². The highest BCUT2D eigenvalue weighted by molar-refractivity contribution is 9.10. The van der Waals surface area contributed by atoms with Gasteiger partial charge in [-0.25, -0.2) is 0 Å². The summed E-state index contributed by atoms with van der Waals surface area (Å²) in [4.78, 5) is 0. The SMILES string of the molecule is N#CCCc1ccc(Br)c(CO)c1. The summed E-state index contributed by atoms with van der Waals surface area (Å²) in [6.45, 7) is 0.0287. The minimum absolute atomic E-state index is 0.0287. The molecule has 0 bridgehead atoms. The second kappa shape index (κ2) is 5.00. The third-order valence-electron chi connectivity index (χ3n) is 1.81. The Labute approximate surface area is 85.9 Å². The van der Waals surface area contributed by atoms with Crippen LogP contribution < -0.4 is 0 Å². The molecule has 0 heterocycles. The van der Waals surface area contributed by atoms with Gasteiger partial charge in [0, 0.05) is 10.9 Å². The summed E-state index contributed by atoms with van der Waals surface area (Å²) in [7, 11) is 0. The number of halogens is 1. The van der Waals surface area contributed by atoms with Gasteiger partial charge in [0.2, 0.25) is 0 Å². The van der Waals surface area contributed by atoms with Crippen LogP contribution in [0.15, 0.2) is 22.7 Å². The highest BCUT2D eigenvalue weighted by Crippen LogP contribution is 2.18. The lowest BCUT2D eigenvalue weighted by atomic mass is 10.1. The largest absolute Gasteiger partial charge is 0.392 e. The van der Waals surface area contributed by atoms with Crippen LogP contribution in [-0.4, -0.2) is 5.11 Å². The molecule has 3 heteroatoms. The van der Waals surface area contributed by atoms with Gasteiger partial charge in [0.1, 0.15) is 0 Å². The number of hydrogen-bond acceptors (Lipinski definition) is 2. The molecule has 0 aromatic heterocycles. The van der Waals surface area contributed by atoms with Crippen LogP contribution in [0.5, 0.6) is 0 Å². The van der Waals surface area contributed by atoms with Crippen molar-refractivity contribution >= 4 is 15.9 Å². The summed E-state index contributed by atoms with van der Waals surface area (Å²) in [5, 5.41) is 17.4. The van der Waals surface area contributed by atoms with Gasteiger partial charge in [-0.2, -0.15) is 5.26 Å². The van der Waals surface area contributed by atoms with Gasteiger partial charge < -0.3 is 5.11 Å². The van der Waals surface area contributed by atoms with E-state index in [1.54, 1.807) is 0 Å². The van der Waals surface area contributed by atoms with E-state index < -0.39 is 0 Å². The fourth-order valence-corrected chi connectivity index (χ4v) is 1.48. The molecule has 1 aromatic carbocycles. The molecule has 0 aliphatic heterocycles. The Morgan fingerprint density at radius 1 is 1.46 bits per heavy atom. The normalized spacial score (nSPS) is 9.62. The van der Waals surface area contributed by atoms with Crippen LogP contribution in [0.3, 0.4) is 0 Å². The number of aliphatic hydroxyl groups is 1. The molecule has 0 amide bonds. The predicted octanol–water partition coefficient (Wildman–Crippen LogP) is 2.40. The van der Waals surface area contributed by atoms with Crippen molar-refractivity contribution in [2.45, 2.75) is 19.4 Å². The molecule has 68 valence electrons. The summed E-state index contributed by atoms with van der Waals surface area (Å²) in [5.74, 6) is 0. The second-order valence-corrected chi connectivity index (χ2v) is 3.60. The Hall–Kier alpha value is -0.850. The molecule has 0 spiro atoms. The lowest BCUT2D eigenvalue weighted by Gasteiger charge is -2.03. The molecule has 0 unspecified atom stereocenters. The molecule has 0 aliphatic carbocycles. The quantitative estimate of drug-likeness (QED) is 0.881. The topological polar surface area (TPSA) is 44.0 Å². The zero-order valence-electron chi connectivity index (χ0n) is 7.13. The number of rotatable bonds is 3. The fourth-order valence-electron chi connectivity index (χ4n) is 1.10. The van der Waals surface area contributed by atoms with Crippen LogP contribution in [0, 0.1) is 11.3 Å². The van der Waals surface area contributed by atoms with Gasteiger partial charge >= 0.3 is 0 Å². The van der Waals surface area contributed by atoms with E-state index in [1.807, 2.05) is 18.2 Å². The first-order valence-corrected chi connectivity index (χ1v) is 4.82. The predicted molar refractivity (Wildman–Crippen MR) is 54.0 cm³/mol. The smallest absolute Gasteiger partial charge is 0.0692 e. The average Bonchev–Trinajstić information content (AvgIpc) is 2.16. The first-order chi connectivity index (χ1) is 6.27. The van der Waals surface area contributed by atoms with E-state index in [1.165, 1.54) is 0 Å². The Morgan fingerprint density at radius 2 is 2.23 bits per heavy atom. The Morgan fingerprint density at radius 3 is 2.85 bits per heavy atom. The Kier molecular flexibility index (Phi) is 3.94. The molecular weight excluding hydrogens is 230 g/mol. The van der Waals surface area contributed by atoms with Crippen molar-refractivity contribution < 1.29 is 5.11 Å². The van der Waals surface area contributed by atoms with Crippen LogP contribution in [0.4, 0.5) is 0 Å². The number of benzene rings is 1. The first-order valence-electron chi connectivity index (χ1n) is 4.03. The third-order valence-corrected chi connectivity index (χ3v) is 2.58. The van der Waals surface area contributed by atoms with Crippen LogP contribution >= 0.6 is 15.9 Å². The number of aryl methyl sites for hydroxylation is 1. The third kappa shape index (κ3) is 2.83. The minimum atomic E-state index is 0.0287. The highest BCUT2D eigenvalue weighted by Gasteiger charge is 1.99. The summed E-state index contributed by atoms with van der Waals surface area (Å²) in [5.41, 5.74) is 1.96. The van der Waals surface area contributed by atoms with Gasteiger partial charge in [-0.3, -0.25) is 0 Å². The molecule has 0 radical (unpaired) electrons. The maximum absolute atomic E-state index is 8.97. The van der Waals surface area contributed by atoms with Crippen molar-refractivity contribution in [1.82, 2.24) is 0 Å². The van der Waals surface area contributed by atoms with Crippen molar-refractivity contribution in [3.05, 3.63) is 33.8 Å². The van der Waals surface area contributed by atoms with E-state index in [9.17, 15) is 0 Å². The number of hydrogen-bond donors (Lipinski definition) is 1. The van der Waals surface area contributed by atoms with Gasteiger partial charge in [0.15, 0.2) is 0 Å². The Balaban J connectivity index is 2.81. The minimum Gasteiger partial charge on any atom is -0.392 e. The second-order valence-electron chi connectivity index (χ2n) is 2.74. The van der Waals surface area contributed by atoms with E-state index in [0.29, 0.717) is 6.42 Å². The van der Waals surface area contributed by atoms with Crippen molar-refractivity contribution in [2.75, 3.05) is 0 Å². The van der Waals surface area contributed by atoms with E-state index in [0.717, 1.165) is 22.0 Å². The van der Waals surface area contributed by atoms with E-state index >= 15 is 0 Å². The van der Waals surface area contributed by atoms with Crippen LogP contribution in [0.1, 0.15) is 17.5 Å². The lowest BCUT2D eigenvalue weighted by Crippen LogP contribution is -1.90. The van der Waals surface area contributed by atoms with Gasteiger partial charge in [-0.1, -0.05) is 28.1 Å². The first kappa shape index (κ1) is 10.2. The fraction of sp³-hybridized carbons (Fsp3) is 0.300. The zero-order chi connectivity index (χ0) is 9.68. The number of nitrogens with zero attached hydrogens (tertiary/aromatic N) is 1. The van der Waals surface area contributed by atoms with E-state index in [2.05, 4.69) is 22.0 Å². The van der Waals surface area contributed by atoms with Crippen molar-refractivity contribution in [1.29, 1.82) is 5.26 Å². The summed E-state index contributed by atoms with van der Waals surface area (Å²) < 4.78 is 0.913. The molecule has 2 nitrogen and oxygen atoms in total. The van der Waals surface area contributed by atoms with Crippen LogP contribution in [0.25, 0.3) is 0 Å². The van der Waals surface area contributed by atoms with Gasteiger partial charge in [-0.05, 0) is 23.6 Å². The molecule has 0 atom stereocenters. The average molecular weight is 240 g/mol. The van der Waals surface area contributed by atoms with Crippen molar-refractivity contribution in [2.24, 2.45) is 0 Å². The molecule has 0 fully saturated rings. The molecular formula is C10H10BrNO. The summed E-state index contributed by atoms with van der Waals surface area (Å²) in [6, 6.07) is 7.87. The molecule has 1 N–H and O–H groups in total. The van der Waals surface area contributed by atoms with Gasteiger partial charge in [-0.15, -0.1) is 0 Å². The molecule has 13 heavy (non-hydrogen) atoms. The molecule has 0 saturated heterocycles. The molecule has 1 aromatic rings. The lowest BCUT2D eigenvalue weighted by molar-refractivity contribution is 0.281. The zero-order valence-corrected chi connectivity index (χ0v) is 8.71.